The topological polar surface area (TPSA) is 61.6 Å². The predicted octanol–water partition coefficient (Wildman–Crippen LogP) is 6.72. The summed E-state index contributed by atoms with van der Waals surface area (Å²) in [6, 6.07) is 17.1. The van der Waals surface area contributed by atoms with Gasteiger partial charge in [0, 0.05) is 29.0 Å². The number of nitrogens with zero attached hydrogens (tertiary/aromatic N) is 3. The second-order valence-corrected chi connectivity index (χ2v) is 7.14. The van der Waals surface area contributed by atoms with Crippen molar-refractivity contribution in [2.24, 2.45) is 0 Å². The van der Waals surface area contributed by atoms with Crippen molar-refractivity contribution in [1.82, 2.24) is 9.97 Å². The lowest BCUT2D eigenvalue weighted by Crippen LogP contribution is -1.97. The van der Waals surface area contributed by atoms with Gasteiger partial charge < -0.3 is 5.32 Å². The quantitative estimate of drug-likeness (QED) is 0.400. The Morgan fingerprint density at radius 2 is 1.72 bits per heavy atom. The van der Waals surface area contributed by atoms with Crippen LogP contribution in [0.25, 0.3) is 23.1 Å². The Hall–Kier alpha value is -3.39. The van der Waals surface area contributed by atoms with E-state index in [0.29, 0.717) is 27.0 Å². The average molecular weight is 417 g/mol. The molecule has 1 N–H and O–H groups in total. The highest BCUT2D eigenvalue weighted by Crippen LogP contribution is 2.33. The van der Waals surface area contributed by atoms with Crippen LogP contribution in [-0.4, -0.2) is 9.97 Å². The molecule has 4 rings (SSSR count). The summed E-state index contributed by atoms with van der Waals surface area (Å²) in [4.78, 5) is 8.46. The number of pyridine rings is 2. The normalized spacial score (nSPS) is 10.9. The zero-order valence-corrected chi connectivity index (χ0v) is 16.6. The lowest BCUT2D eigenvalue weighted by molar-refractivity contribution is 1.32. The number of aromatic nitrogens is 2. The molecule has 0 saturated heterocycles. The molecule has 0 fully saturated rings. The van der Waals surface area contributed by atoms with Crippen molar-refractivity contribution in [2.45, 2.75) is 0 Å². The van der Waals surface area contributed by atoms with E-state index in [1.165, 1.54) is 0 Å². The van der Waals surface area contributed by atoms with Gasteiger partial charge in [0.25, 0.3) is 0 Å². The summed E-state index contributed by atoms with van der Waals surface area (Å²) in [6.07, 6.45) is 9.09. The van der Waals surface area contributed by atoms with Gasteiger partial charge in [-0.3, -0.25) is 9.97 Å². The van der Waals surface area contributed by atoms with E-state index in [1.807, 2.05) is 42.5 Å². The van der Waals surface area contributed by atoms with Gasteiger partial charge >= 0.3 is 0 Å². The van der Waals surface area contributed by atoms with Crippen LogP contribution in [0.2, 0.25) is 10.0 Å². The van der Waals surface area contributed by atoms with E-state index in [9.17, 15) is 5.26 Å². The maximum Gasteiger partial charge on any atom is 0.103 e. The maximum absolute atomic E-state index is 9.53. The minimum atomic E-state index is 0.434. The molecule has 0 unspecified atom stereocenters. The number of nitriles is 1. The fourth-order valence-corrected chi connectivity index (χ4v) is 3.38. The third-order valence-corrected chi connectivity index (χ3v) is 4.93. The fraction of sp³-hybridized carbons (Fsp3) is 0. The second-order valence-electron chi connectivity index (χ2n) is 6.30. The van der Waals surface area contributed by atoms with Gasteiger partial charge in [0.2, 0.25) is 0 Å². The van der Waals surface area contributed by atoms with Crippen LogP contribution in [0.4, 0.5) is 11.4 Å². The number of rotatable bonds is 4. The van der Waals surface area contributed by atoms with Gasteiger partial charge in [-0.05, 0) is 47.5 Å². The molecule has 2 heterocycles. The highest BCUT2D eigenvalue weighted by Gasteiger charge is 2.11. The van der Waals surface area contributed by atoms with E-state index in [2.05, 4.69) is 21.4 Å². The van der Waals surface area contributed by atoms with Crippen molar-refractivity contribution in [3.05, 3.63) is 93.9 Å². The van der Waals surface area contributed by atoms with Crippen LogP contribution >= 0.6 is 23.2 Å². The molecular formula is C23H14Cl2N4. The lowest BCUT2D eigenvalue weighted by atomic mass is 10.1. The highest BCUT2D eigenvalue weighted by atomic mass is 35.5. The van der Waals surface area contributed by atoms with Crippen molar-refractivity contribution >= 4 is 57.6 Å². The van der Waals surface area contributed by atoms with Gasteiger partial charge in [0.15, 0.2) is 0 Å². The van der Waals surface area contributed by atoms with E-state index in [-0.39, 0.29) is 0 Å². The largest absolute Gasteiger partial charge is 0.353 e. The van der Waals surface area contributed by atoms with Crippen molar-refractivity contribution < 1.29 is 0 Å². The van der Waals surface area contributed by atoms with Gasteiger partial charge in [0.05, 0.1) is 27.5 Å². The molecule has 0 saturated carbocycles. The molecule has 0 aliphatic rings. The predicted molar refractivity (Wildman–Crippen MR) is 119 cm³/mol. The van der Waals surface area contributed by atoms with Crippen LogP contribution < -0.4 is 5.32 Å². The molecule has 0 radical (unpaired) electrons. The molecule has 0 spiro atoms. The third-order valence-electron chi connectivity index (χ3n) is 4.38. The van der Waals surface area contributed by atoms with E-state index >= 15 is 0 Å². The van der Waals surface area contributed by atoms with Crippen molar-refractivity contribution in [3.63, 3.8) is 0 Å². The zero-order valence-electron chi connectivity index (χ0n) is 15.1. The van der Waals surface area contributed by atoms with Gasteiger partial charge in [-0.2, -0.15) is 5.26 Å². The molecule has 2 aromatic heterocycles. The Morgan fingerprint density at radius 3 is 2.48 bits per heavy atom. The van der Waals surface area contributed by atoms with Crippen molar-refractivity contribution in [2.75, 3.05) is 5.32 Å². The highest BCUT2D eigenvalue weighted by molar-refractivity contribution is 6.36. The van der Waals surface area contributed by atoms with Crippen LogP contribution in [0.5, 0.6) is 0 Å². The van der Waals surface area contributed by atoms with E-state index in [4.69, 9.17) is 23.2 Å². The Balaban J connectivity index is 1.74. The maximum atomic E-state index is 9.53. The zero-order chi connectivity index (χ0) is 20.2. The Bertz CT molecular complexity index is 1260. The molecule has 0 aliphatic heterocycles. The number of nitrogens with one attached hydrogen (secondary N) is 1. The molecule has 4 nitrogen and oxygen atoms in total. The van der Waals surface area contributed by atoms with Crippen LogP contribution in [-0.2, 0) is 0 Å². The molecule has 29 heavy (non-hydrogen) atoms. The average Bonchev–Trinajstić information content (AvgIpc) is 2.75. The summed E-state index contributed by atoms with van der Waals surface area (Å²) in [5.74, 6) is 0. The minimum Gasteiger partial charge on any atom is -0.353 e. The molecule has 0 amide bonds. The molecular weight excluding hydrogens is 403 g/mol. The first-order valence-electron chi connectivity index (χ1n) is 8.77. The van der Waals surface area contributed by atoms with Gasteiger partial charge in [-0.25, -0.2) is 0 Å². The number of halogens is 2. The van der Waals surface area contributed by atoms with Gasteiger partial charge in [-0.1, -0.05) is 47.5 Å². The summed E-state index contributed by atoms with van der Waals surface area (Å²) in [6.45, 7) is 0. The van der Waals surface area contributed by atoms with Crippen molar-refractivity contribution in [3.8, 4) is 6.07 Å². The Morgan fingerprint density at radius 1 is 0.931 bits per heavy atom. The van der Waals surface area contributed by atoms with Crippen LogP contribution in [0, 0.1) is 11.3 Å². The molecule has 2 aromatic carbocycles. The third kappa shape index (κ3) is 4.22. The molecule has 0 atom stereocenters. The molecule has 6 heteroatoms. The van der Waals surface area contributed by atoms with Crippen molar-refractivity contribution in [1.29, 1.82) is 5.26 Å². The number of hydrogen-bond acceptors (Lipinski definition) is 4. The number of fused-ring (bicyclic) bond motifs is 1. The summed E-state index contributed by atoms with van der Waals surface area (Å²) in [7, 11) is 0. The van der Waals surface area contributed by atoms with E-state index in [1.54, 1.807) is 36.8 Å². The van der Waals surface area contributed by atoms with Crippen LogP contribution in [0.1, 0.15) is 16.7 Å². The number of hydrogen-bond donors (Lipinski definition) is 1. The first-order chi connectivity index (χ1) is 14.1. The summed E-state index contributed by atoms with van der Waals surface area (Å²) >= 11 is 12.3. The molecule has 0 aliphatic carbocycles. The van der Waals surface area contributed by atoms with Crippen LogP contribution in [0.15, 0.2) is 67.1 Å². The molecule has 0 bridgehead atoms. The second kappa shape index (κ2) is 8.32. The number of benzene rings is 2. The summed E-state index contributed by atoms with van der Waals surface area (Å²) in [5.41, 5.74) is 4.60. The van der Waals surface area contributed by atoms with Gasteiger partial charge in [-0.15, -0.1) is 0 Å². The first-order valence-corrected chi connectivity index (χ1v) is 9.53. The SMILES string of the molecule is N#Cc1cnc2cc(/C=C/c3ccncc3)ccc2c1Nc1ccc(Cl)cc1Cl. The first kappa shape index (κ1) is 18.9. The van der Waals surface area contributed by atoms with Crippen LogP contribution in [0.3, 0.4) is 0 Å². The van der Waals surface area contributed by atoms with Gasteiger partial charge in [0.1, 0.15) is 6.07 Å². The van der Waals surface area contributed by atoms with E-state index < -0.39 is 0 Å². The number of anilines is 2. The Kier molecular flexibility index (Phi) is 5.44. The monoisotopic (exact) mass is 416 g/mol. The smallest absolute Gasteiger partial charge is 0.103 e. The lowest BCUT2D eigenvalue weighted by Gasteiger charge is -2.13. The summed E-state index contributed by atoms with van der Waals surface area (Å²) < 4.78 is 0. The van der Waals surface area contributed by atoms with E-state index in [0.717, 1.165) is 22.0 Å². The minimum absolute atomic E-state index is 0.434. The molecule has 140 valence electrons. The standard InChI is InChI=1S/C23H14Cl2N4/c24-18-4-6-21(20(25)12-18)29-23-17(13-26)14-28-22-11-16(3-5-19(22)23)2-1-15-7-9-27-10-8-15/h1-12,14H,(H,28,29)/b2-1+. The Labute approximate surface area is 178 Å². The fourth-order valence-electron chi connectivity index (χ4n) is 2.93. The summed E-state index contributed by atoms with van der Waals surface area (Å²) in [5, 5.41) is 14.6. The molecule has 4 aromatic rings.